The van der Waals surface area contributed by atoms with E-state index in [1.165, 1.54) is 35.6 Å². The van der Waals surface area contributed by atoms with Gasteiger partial charge in [0, 0.05) is 29.5 Å². The second kappa shape index (κ2) is 8.98. The topological polar surface area (TPSA) is 45.6 Å². The molecule has 2 aromatic carbocycles. The minimum Gasteiger partial charge on any atom is -0.406 e. The maximum absolute atomic E-state index is 15.0. The van der Waals surface area contributed by atoms with Crippen LogP contribution in [0, 0.1) is 12.7 Å². The minimum atomic E-state index is -4.96. The lowest BCUT2D eigenvalue weighted by Gasteiger charge is -2.32. The largest absolute Gasteiger partial charge is 0.573 e. The number of aryl methyl sites for hydroxylation is 1. The summed E-state index contributed by atoms with van der Waals surface area (Å²) in [4.78, 5) is 5.50. The minimum absolute atomic E-state index is 0.0794. The van der Waals surface area contributed by atoms with Crippen molar-refractivity contribution in [2.24, 2.45) is 0 Å². The Balaban J connectivity index is 1.87. The molecule has 0 bridgehead atoms. The number of ether oxygens (including phenoxy) is 1. The van der Waals surface area contributed by atoms with Crippen molar-refractivity contribution >= 4 is 17.0 Å². The zero-order valence-corrected chi connectivity index (χ0v) is 18.9. The van der Waals surface area contributed by atoms with Gasteiger partial charge in [0.1, 0.15) is 11.6 Å². The average molecular weight is 520 g/mol. The van der Waals surface area contributed by atoms with Crippen molar-refractivity contribution in [3.05, 3.63) is 75.5 Å². The van der Waals surface area contributed by atoms with Gasteiger partial charge in [0.15, 0.2) is 6.10 Å². The fourth-order valence-corrected chi connectivity index (χ4v) is 5.30. The summed E-state index contributed by atoms with van der Waals surface area (Å²) in [5.74, 6) is -1.33. The summed E-state index contributed by atoms with van der Waals surface area (Å²) in [6.07, 6.45) is -12.6. The Bertz CT molecular complexity index is 1210. The fraction of sp³-hybridized carbons (Fsp3) is 0.348. The third-order valence-electron chi connectivity index (χ3n) is 5.79. The molecule has 0 aliphatic carbocycles. The van der Waals surface area contributed by atoms with Crippen LogP contribution in [0.4, 0.5) is 36.4 Å². The van der Waals surface area contributed by atoms with Crippen LogP contribution in [-0.2, 0) is 11.8 Å². The van der Waals surface area contributed by atoms with Gasteiger partial charge in [0.25, 0.3) is 0 Å². The number of aliphatic hydroxyl groups is 1. The molecular weight excluding hydrogens is 501 g/mol. The van der Waals surface area contributed by atoms with E-state index in [-0.39, 0.29) is 29.8 Å². The molecule has 1 aliphatic rings. The number of alkyl halides is 6. The van der Waals surface area contributed by atoms with Crippen molar-refractivity contribution in [3.63, 3.8) is 0 Å². The number of aromatic nitrogens is 1. The second-order valence-corrected chi connectivity index (χ2v) is 9.23. The quantitative estimate of drug-likeness (QED) is 0.420. The summed E-state index contributed by atoms with van der Waals surface area (Å²) in [7, 11) is 0. The van der Waals surface area contributed by atoms with Crippen LogP contribution >= 0.6 is 11.3 Å². The van der Waals surface area contributed by atoms with Crippen molar-refractivity contribution in [2.75, 3.05) is 18.0 Å². The number of nitrogens with zero attached hydrogens (tertiary/aromatic N) is 2. The first-order chi connectivity index (χ1) is 16.3. The number of halogens is 7. The molecular formula is C23H19F7N2O2S. The SMILES string of the molecule is Cc1csc(CC2(c3cccc(OC(F)(F)F)c3)CN(C[C@@H](O)C(F)(F)F)c3c(F)cccc32)n1. The van der Waals surface area contributed by atoms with Gasteiger partial charge in [-0.1, -0.05) is 24.3 Å². The highest BCUT2D eigenvalue weighted by Gasteiger charge is 2.49. The standard InChI is InChI=1S/C23H19F7N2O2S/c1-13-11-35-19(31-13)9-21(14-4-2-5-15(8-14)34-23(28,29)30)12-32(10-18(33)22(25,26)27)20-16(21)6-3-7-17(20)24/h2-8,11,18,33H,9-10,12H2,1H3/t18-,21?/m1/s1. The van der Waals surface area contributed by atoms with E-state index < -0.39 is 42.2 Å². The highest BCUT2D eigenvalue weighted by molar-refractivity contribution is 7.09. The lowest BCUT2D eigenvalue weighted by atomic mass is 9.73. The van der Waals surface area contributed by atoms with Crippen LogP contribution in [0.5, 0.6) is 5.75 Å². The molecule has 188 valence electrons. The molecule has 0 amide bonds. The van der Waals surface area contributed by atoms with E-state index >= 15 is 4.39 Å². The van der Waals surface area contributed by atoms with E-state index in [1.807, 2.05) is 0 Å². The molecule has 35 heavy (non-hydrogen) atoms. The fourth-order valence-electron chi connectivity index (χ4n) is 4.41. The maximum Gasteiger partial charge on any atom is 0.573 e. The van der Waals surface area contributed by atoms with Crippen LogP contribution in [0.1, 0.15) is 21.8 Å². The Morgan fingerprint density at radius 1 is 1.14 bits per heavy atom. The number of para-hydroxylation sites is 1. The van der Waals surface area contributed by atoms with Gasteiger partial charge >= 0.3 is 12.5 Å². The summed E-state index contributed by atoms with van der Waals surface area (Å²) < 4.78 is 97.2. The highest BCUT2D eigenvalue weighted by Crippen LogP contribution is 2.49. The first kappa shape index (κ1) is 25.2. The smallest absolute Gasteiger partial charge is 0.406 e. The molecule has 1 aliphatic heterocycles. The summed E-state index contributed by atoms with van der Waals surface area (Å²) in [6, 6.07) is 9.08. The summed E-state index contributed by atoms with van der Waals surface area (Å²) in [5, 5.41) is 12.1. The lowest BCUT2D eigenvalue weighted by Crippen LogP contribution is -2.44. The van der Waals surface area contributed by atoms with E-state index in [0.717, 1.165) is 23.1 Å². The van der Waals surface area contributed by atoms with E-state index in [2.05, 4.69) is 9.72 Å². The molecule has 3 aromatic rings. The lowest BCUT2D eigenvalue weighted by molar-refractivity contribution is -0.274. The van der Waals surface area contributed by atoms with Gasteiger partial charge in [-0.15, -0.1) is 24.5 Å². The zero-order chi connectivity index (χ0) is 25.6. The Morgan fingerprint density at radius 3 is 2.49 bits per heavy atom. The van der Waals surface area contributed by atoms with Gasteiger partial charge in [0.05, 0.1) is 17.2 Å². The molecule has 0 saturated heterocycles. The molecule has 0 saturated carbocycles. The number of fused-ring (bicyclic) bond motifs is 1. The monoisotopic (exact) mass is 520 g/mol. The van der Waals surface area contributed by atoms with Crippen molar-refractivity contribution in [1.82, 2.24) is 4.98 Å². The Morgan fingerprint density at radius 2 is 1.86 bits per heavy atom. The number of rotatable bonds is 6. The first-order valence-corrected chi connectivity index (χ1v) is 11.2. The molecule has 0 fully saturated rings. The summed E-state index contributed by atoms with van der Waals surface area (Å²) >= 11 is 1.28. The molecule has 0 radical (unpaired) electrons. The van der Waals surface area contributed by atoms with E-state index in [9.17, 15) is 31.4 Å². The van der Waals surface area contributed by atoms with Crippen LogP contribution in [0.2, 0.25) is 0 Å². The molecule has 1 aromatic heterocycles. The van der Waals surface area contributed by atoms with E-state index in [4.69, 9.17) is 0 Å². The van der Waals surface area contributed by atoms with E-state index in [1.54, 1.807) is 12.3 Å². The summed E-state index contributed by atoms with van der Waals surface area (Å²) in [6.45, 7) is 0.568. The van der Waals surface area contributed by atoms with Crippen LogP contribution in [0.15, 0.2) is 47.8 Å². The second-order valence-electron chi connectivity index (χ2n) is 8.29. The Kier molecular flexibility index (Phi) is 6.47. The number of hydrogen-bond donors (Lipinski definition) is 1. The average Bonchev–Trinajstić information content (AvgIpc) is 3.29. The molecule has 12 heteroatoms. The predicted molar refractivity (Wildman–Crippen MR) is 115 cm³/mol. The Labute approximate surface area is 199 Å². The molecule has 4 rings (SSSR count). The Hall–Kier alpha value is -2.86. The predicted octanol–water partition coefficient (Wildman–Crippen LogP) is 5.76. The van der Waals surface area contributed by atoms with Gasteiger partial charge in [-0.2, -0.15) is 13.2 Å². The molecule has 2 atom stereocenters. The molecule has 1 N–H and O–H groups in total. The van der Waals surface area contributed by atoms with Gasteiger partial charge < -0.3 is 14.7 Å². The van der Waals surface area contributed by atoms with Gasteiger partial charge in [0.2, 0.25) is 0 Å². The molecule has 0 spiro atoms. The highest BCUT2D eigenvalue weighted by atomic mass is 32.1. The number of benzene rings is 2. The molecule has 4 nitrogen and oxygen atoms in total. The van der Waals surface area contributed by atoms with Crippen molar-refractivity contribution in [2.45, 2.75) is 37.4 Å². The van der Waals surface area contributed by atoms with Crippen molar-refractivity contribution in [1.29, 1.82) is 0 Å². The van der Waals surface area contributed by atoms with Gasteiger partial charge in [-0.25, -0.2) is 9.37 Å². The third kappa shape index (κ3) is 5.22. The molecule has 2 heterocycles. The van der Waals surface area contributed by atoms with Crippen LogP contribution in [-0.4, -0.2) is 41.8 Å². The van der Waals surface area contributed by atoms with Crippen molar-refractivity contribution in [3.8, 4) is 5.75 Å². The number of anilines is 1. The number of β-amino-alcohol motifs (C(OH)–C–C–N with tert-alkyl or cyclic N) is 1. The number of thiazole rings is 1. The van der Waals surface area contributed by atoms with Gasteiger partial charge in [-0.3, -0.25) is 0 Å². The van der Waals surface area contributed by atoms with Gasteiger partial charge in [-0.05, 0) is 36.2 Å². The normalized spacial score (nSPS) is 19.1. The van der Waals surface area contributed by atoms with Crippen LogP contribution < -0.4 is 9.64 Å². The molecule has 1 unspecified atom stereocenters. The third-order valence-corrected chi connectivity index (χ3v) is 6.76. The summed E-state index contributed by atoms with van der Waals surface area (Å²) in [5.41, 5.74) is -0.160. The van der Waals surface area contributed by atoms with Crippen molar-refractivity contribution < 1.29 is 40.6 Å². The van der Waals surface area contributed by atoms with Crippen LogP contribution in [0.25, 0.3) is 0 Å². The number of hydrogen-bond acceptors (Lipinski definition) is 5. The maximum atomic E-state index is 15.0. The zero-order valence-electron chi connectivity index (χ0n) is 18.1. The van der Waals surface area contributed by atoms with E-state index in [0.29, 0.717) is 10.7 Å². The van der Waals surface area contributed by atoms with Crippen LogP contribution in [0.3, 0.4) is 0 Å². The number of aliphatic hydroxyl groups excluding tert-OH is 1. The first-order valence-electron chi connectivity index (χ1n) is 10.3.